The van der Waals surface area contributed by atoms with Crippen molar-refractivity contribution in [3.05, 3.63) is 29.8 Å². The number of aliphatic imine (C=N–C) groups is 1. The van der Waals surface area contributed by atoms with Gasteiger partial charge < -0.3 is 20.3 Å². The molecule has 30 heavy (non-hydrogen) atoms. The second kappa shape index (κ2) is 13.0. The van der Waals surface area contributed by atoms with Gasteiger partial charge in [0, 0.05) is 45.8 Å². The van der Waals surface area contributed by atoms with E-state index < -0.39 is 0 Å². The maximum Gasteiger partial charge on any atom is 0.234 e. The first kappa shape index (κ1) is 24.7. The molecule has 0 aromatic heterocycles. The Kier molecular flexibility index (Phi) is 10.7. The Hall–Kier alpha value is -1.55. The van der Waals surface area contributed by atoms with E-state index in [9.17, 15) is 4.79 Å². The molecule has 0 unspecified atom stereocenters. The van der Waals surface area contributed by atoms with Crippen LogP contribution in [0.5, 0.6) is 5.75 Å². The molecular weight excluding hydrogens is 493 g/mol. The number of ether oxygens (including phenoxy) is 1. The van der Waals surface area contributed by atoms with Crippen molar-refractivity contribution in [2.24, 2.45) is 4.99 Å². The molecule has 3 rings (SSSR count). The van der Waals surface area contributed by atoms with Gasteiger partial charge in [0.2, 0.25) is 5.91 Å². The lowest BCUT2D eigenvalue weighted by atomic mass is 10.1. The van der Waals surface area contributed by atoms with Crippen LogP contribution in [0.2, 0.25) is 0 Å². The first-order valence-electron chi connectivity index (χ1n) is 10.9. The van der Waals surface area contributed by atoms with E-state index in [1.807, 2.05) is 19.2 Å². The van der Waals surface area contributed by atoms with Crippen LogP contribution in [-0.2, 0) is 11.2 Å². The molecule has 2 fully saturated rings. The van der Waals surface area contributed by atoms with Gasteiger partial charge in [-0.05, 0) is 43.4 Å². The van der Waals surface area contributed by atoms with Gasteiger partial charge in [-0.3, -0.25) is 14.7 Å². The Labute approximate surface area is 197 Å². The molecular formula is C22H36IN5O2. The third-order valence-corrected chi connectivity index (χ3v) is 5.26. The number of hydrogen-bond donors (Lipinski definition) is 2. The number of rotatable bonds is 9. The fourth-order valence-electron chi connectivity index (χ4n) is 3.48. The molecule has 0 spiro atoms. The molecule has 8 heteroatoms. The second-order valence-corrected chi connectivity index (χ2v) is 7.82. The quantitative estimate of drug-likeness (QED) is 0.292. The first-order valence-corrected chi connectivity index (χ1v) is 10.9. The standard InChI is InChI=1S/C22H35N5O2.HI/c1-3-15-29-20-6-4-5-18(16-20)9-10-24-22(23-2)27-13-11-26(12-14-27)17-21(28)25-19-7-8-19;/h4-6,16,19H,3,7-15,17H2,1-2H3,(H,23,24)(H,25,28);1H. The predicted molar refractivity (Wildman–Crippen MR) is 132 cm³/mol. The van der Waals surface area contributed by atoms with Gasteiger partial charge in [-0.25, -0.2) is 0 Å². The molecule has 168 valence electrons. The number of hydrogen-bond acceptors (Lipinski definition) is 4. The van der Waals surface area contributed by atoms with Crippen LogP contribution in [0.1, 0.15) is 31.7 Å². The monoisotopic (exact) mass is 529 g/mol. The SMILES string of the molecule is CCCOc1cccc(CCNC(=NC)N2CCN(CC(=O)NC3CC3)CC2)c1.I. The fraction of sp³-hybridized carbons (Fsp3) is 0.636. The minimum absolute atomic E-state index is 0. The molecule has 1 amide bonds. The molecule has 1 saturated carbocycles. The van der Waals surface area contributed by atoms with Crippen LogP contribution in [0.25, 0.3) is 0 Å². The van der Waals surface area contributed by atoms with E-state index in [0.29, 0.717) is 12.6 Å². The molecule has 2 aliphatic rings. The maximum atomic E-state index is 12.0. The zero-order valence-corrected chi connectivity index (χ0v) is 20.6. The van der Waals surface area contributed by atoms with Gasteiger partial charge in [-0.15, -0.1) is 24.0 Å². The number of guanidine groups is 1. The van der Waals surface area contributed by atoms with Crippen LogP contribution in [0.15, 0.2) is 29.3 Å². The summed E-state index contributed by atoms with van der Waals surface area (Å²) < 4.78 is 5.72. The van der Waals surface area contributed by atoms with Gasteiger partial charge in [0.05, 0.1) is 13.2 Å². The molecule has 0 atom stereocenters. The van der Waals surface area contributed by atoms with Gasteiger partial charge in [-0.1, -0.05) is 19.1 Å². The Balaban J connectivity index is 0.00000320. The minimum atomic E-state index is 0. The average molecular weight is 529 g/mol. The van der Waals surface area contributed by atoms with Gasteiger partial charge in [0.15, 0.2) is 5.96 Å². The lowest BCUT2D eigenvalue weighted by Crippen LogP contribution is -2.54. The number of carbonyl (C=O) groups is 1. The molecule has 1 heterocycles. The molecule has 0 radical (unpaired) electrons. The fourth-order valence-corrected chi connectivity index (χ4v) is 3.48. The first-order chi connectivity index (χ1) is 14.2. The van der Waals surface area contributed by atoms with Crippen LogP contribution < -0.4 is 15.4 Å². The summed E-state index contributed by atoms with van der Waals surface area (Å²) in [7, 11) is 1.83. The molecule has 1 aliphatic heterocycles. The van der Waals surface area contributed by atoms with Crippen molar-refractivity contribution in [1.82, 2.24) is 20.4 Å². The summed E-state index contributed by atoms with van der Waals surface area (Å²) in [5.41, 5.74) is 1.26. The van der Waals surface area contributed by atoms with Gasteiger partial charge in [0.1, 0.15) is 5.75 Å². The molecule has 2 N–H and O–H groups in total. The van der Waals surface area contributed by atoms with Gasteiger partial charge >= 0.3 is 0 Å². The number of nitrogens with one attached hydrogen (secondary N) is 2. The van der Waals surface area contributed by atoms with E-state index in [4.69, 9.17) is 4.74 Å². The highest BCUT2D eigenvalue weighted by Crippen LogP contribution is 2.18. The topological polar surface area (TPSA) is 69.2 Å². The minimum Gasteiger partial charge on any atom is -0.494 e. The second-order valence-electron chi connectivity index (χ2n) is 7.82. The van der Waals surface area contributed by atoms with Crippen molar-refractivity contribution in [3.63, 3.8) is 0 Å². The number of halogens is 1. The molecule has 1 saturated heterocycles. The number of amides is 1. The van der Waals surface area contributed by atoms with Crippen molar-refractivity contribution in [1.29, 1.82) is 0 Å². The van der Waals surface area contributed by atoms with E-state index in [2.05, 4.69) is 44.5 Å². The summed E-state index contributed by atoms with van der Waals surface area (Å²) in [5, 5.41) is 6.54. The van der Waals surface area contributed by atoms with Gasteiger partial charge in [-0.2, -0.15) is 0 Å². The highest BCUT2D eigenvalue weighted by Gasteiger charge is 2.25. The largest absolute Gasteiger partial charge is 0.494 e. The van der Waals surface area contributed by atoms with Crippen molar-refractivity contribution in [2.75, 3.05) is 52.9 Å². The van der Waals surface area contributed by atoms with E-state index in [1.54, 1.807) is 0 Å². The zero-order valence-electron chi connectivity index (χ0n) is 18.2. The number of carbonyl (C=O) groups excluding carboxylic acids is 1. The predicted octanol–water partition coefficient (Wildman–Crippen LogP) is 2.11. The van der Waals surface area contributed by atoms with Crippen molar-refractivity contribution in [3.8, 4) is 5.75 Å². The highest BCUT2D eigenvalue weighted by atomic mass is 127. The summed E-state index contributed by atoms with van der Waals surface area (Å²) in [4.78, 5) is 20.9. The van der Waals surface area contributed by atoms with Crippen LogP contribution in [-0.4, -0.2) is 80.6 Å². The molecule has 1 aromatic rings. The smallest absolute Gasteiger partial charge is 0.234 e. The Morgan fingerprint density at radius 3 is 2.67 bits per heavy atom. The lowest BCUT2D eigenvalue weighted by Gasteiger charge is -2.36. The Morgan fingerprint density at radius 1 is 1.23 bits per heavy atom. The molecule has 0 bridgehead atoms. The summed E-state index contributed by atoms with van der Waals surface area (Å²) in [6, 6.07) is 8.75. The summed E-state index contributed by atoms with van der Waals surface area (Å²) in [5.74, 6) is 2.04. The average Bonchev–Trinajstić information content (AvgIpc) is 3.54. The van der Waals surface area contributed by atoms with E-state index in [-0.39, 0.29) is 29.9 Å². The third kappa shape index (κ3) is 8.29. The van der Waals surface area contributed by atoms with Crippen molar-refractivity contribution < 1.29 is 9.53 Å². The van der Waals surface area contributed by atoms with E-state index in [0.717, 1.165) is 76.7 Å². The van der Waals surface area contributed by atoms with E-state index in [1.165, 1.54) is 5.56 Å². The maximum absolute atomic E-state index is 12.0. The highest BCUT2D eigenvalue weighted by molar-refractivity contribution is 14.0. The Morgan fingerprint density at radius 2 is 2.00 bits per heavy atom. The number of nitrogens with zero attached hydrogens (tertiary/aromatic N) is 3. The van der Waals surface area contributed by atoms with Gasteiger partial charge in [0.25, 0.3) is 0 Å². The van der Waals surface area contributed by atoms with Crippen LogP contribution in [0.4, 0.5) is 0 Å². The van der Waals surface area contributed by atoms with E-state index >= 15 is 0 Å². The molecule has 1 aliphatic carbocycles. The lowest BCUT2D eigenvalue weighted by molar-refractivity contribution is -0.122. The molecule has 1 aromatic carbocycles. The zero-order chi connectivity index (χ0) is 20.5. The summed E-state index contributed by atoms with van der Waals surface area (Å²) in [6.45, 7) is 7.74. The summed E-state index contributed by atoms with van der Waals surface area (Å²) >= 11 is 0. The normalized spacial score (nSPS) is 17.3. The van der Waals surface area contributed by atoms with Crippen molar-refractivity contribution >= 4 is 35.8 Å². The van der Waals surface area contributed by atoms with Crippen molar-refractivity contribution in [2.45, 2.75) is 38.6 Å². The van der Waals surface area contributed by atoms with Crippen LogP contribution in [0, 0.1) is 0 Å². The number of piperazine rings is 1. The Bertz CT molecular complexity index is 688. The third-order valence-electron chi connectivity index (χ3n) is 5.26. The van der Waals surface area contributed by atoms with Crippen LogP contribution >= 0.6 is 24.0 Å². The summed E-state index contributed by atoms with van der Waals surface area (Å²) in [6.07, 6.45) is 4.21. The molecule has 7 nitrogen and oxygen atoms in total. The van der Waals surface area contributed by atoms with Crippen LogP contribution in [0.3, 0.4) is 0 Å². The number of benzene rings is 1.